The third kappa shape index (κ3) is 3.64. The van der Waals surface area contributed by atoms with Gasteiger partial charge in [-0.05, 0) is 18.2 Å². The lowest BCUT2D eigenvalue weighted by Gasteiger charge is -2.09. The third-order valence-electron chi connectivity index (χ3n) is 4.18. The van der Waals surface area contributed by atoms with E-state index in [1.807, 2.05) is 0 Å². The van der Waals surface area contributed by atoms with Crippen molar-refractivity contribution in [1.82, 2.24) is 24.5 Å². The molecule has 0 fully saturated rings. The van der Waals surface area contributed by atoms with Gasteiger partial charge < -0.3 is 14.8 Å². The monoisotopic (exact) mass is 377 g/mol. The Morgan fingerprint density at radius 2 is 2.04 bits per heavy atom. The molecule has 4 rings (SSSR count). The first kappa shape index (κ1) is 17.9. The van der Waals surface area contributed by atoms with Crippen molar-refractivity contribution >= 4 is 23.5 Å². The number of benzene rings is 1. The first-order valence-electron chi connectivity index (χ1n) is 8.46. The van der Waals surface area contributed by atoms with Crippen LogP contribution >= 0.6 is 0 Å². The van der Waals surface area contributed by atoms with Crippen molar-refractivity contribution in [2.45, 2.75) is 6.61 Å². The third-order valence-corrected chi connectivity index (χ3v) is 4.18. The van der Waals surface area contributed by atoms with E-state index >= 15 is 0 Å². The Morgan fingerprint density at radius 3 is 2.79 bits per heavy atom. The minimum Gasteiger partial charge on any atom is -0.487 e. The lowest BCUT2D eigenvalue weighted by Crippen LogP contribution is -2.29. The van der Waals surface area contributed by atoms with Crippen LogP contribution in [0.15, 0.2) is 59.9 Å². The Labute approximate surface area is 159 Å². The quantitative estimate of drug-likeness (QED) is 0.462. The normalized spacial score (nSPS) is 11.0. The minimum atomic E-state index is -1.60. The SMILES string of the molecule is Cn1cc(-n2ccc(=O)c(COc3ccc4ncc(B(O)O)cc4c3)n2)cn1. The molecule has 0 saturated carbocycles. The average Bonchev–Trinajstić information content (AvgIpc) is 3.13. The highest BCUT2D eigenvalue weighted by molar-refractivity contribution is 6.58. The molecule has 0 spiro atoms. The van der Waals surface area contributed by atoms with E-state index in [4.69, 9.17) is 4.74 Å². The van der Waals surface area contributed by atoms with Crippen LogP contribution in [0.1, 0.15) is 5.69 Å². The number of pyridine rings is 1. The van der Waals surface area contributed by atoms with Crippen LogP contribution in [0.4, 0.5) is 0 Å². The molecule has 3 heterocycles. The molecule has 10 heteroatoms. The summed E-state index contributed by atoms with van der Waals surface area (Å²) in [7, 11) is 0.201. The van der Waals surface area contributed by atoms with Gasteiger partial charge in [-0.2, -0.15) is 10.2 Å². The maximum absolute atomic E-state index is 12.1. The summed E-state index contributed by atoms with van der Waals surface area (Å²) in [5.41, 5.74) is 1.73. The molecule has 0 unspecified atom stereocenters. The second-order valence-corrected chi connectivity index (χ2v) is 6.23. The number of nitrogens with zero attached hydrogens (tertiary/aromatic N) is 5. The molecule has 3 aromatic heterocycles. The molecule has 0 aliphatic heterocycles. The van der Waals surface area contributed by atoms with Gasteiger partial charge in [0.05, 0.1) is 17.9 Å². The van der Waals surface area contributed by atoms with E-state index in [9.17, 15) is 14.8 Å². The summed E-state index contributed by atoms with van der Waals surface area (Å²) in [6, 6.07) is 8.25. The fourth-order valence-electron chi connectivity index (χ4n) is 2.73. The number of aryl methyl sites for hydroxylation is 1. The van der Waals surface area contributed by atoms with Crippen LogP contribution in [0, 0.1) is 0 Å². The van der Waals surface area contributed by atoms with Gasteiger partial charge in [-0.15, -0.1) is 0 Å². The number of fused-ring (bicyclic) bond motifs is 1. The summed E-state index contributed by atoms with van der Waals surface area (Å²) in [5.74, 6) is 0.511. The molecule has 0 aliphatic rings. The largest absolute Gasteiger partial charge is 0.490 e. The van der Waals surface area contributed by atoms with Gasteiger partial charge in [0.1, 0.15) is 23.7 Å². The molecule has 0 atom stereocenters. The van der Waals surface area contributed by atoms with Crippen molar-refractivity contribution in [2.24, 2.45) is 7.05 Å². The molecule has 140 valence electrons. The molecule has 0 amide bonds. The molecule has 0 aliphatic carbocycles. The van der Waals surface area contributed by atoms with E-state index in [1.165, 1.54) is 12.3 Å². The second kappa shape index (κ2) is 7.26. The van der Waals surface area contributed by atoms with Crippen LogP contribution in [0.3, 0.4) is 0 Å². The number of ether oxygens (including phenoxy) is 1. The van der Waals surface area contributed by atoms with Gasteiger partial charge in [0, 0.05) is 36.4 Å². The van der Waals surface area contributed by atoms with Crippen molar-refractivity contribution < 1.29 is 14.8 Å². The predicted molar refractivity (Wildman–Crippen MR) is 103 cm³/mol. The van der Waals surface area contributed by atoms with E-state index < -0.39 is 7.12 Å². The topological polar surface area (TPSA) is 115 Å². The summed E-state index contributed by atoms with van der Waals surface area (Å²) < 4.78 is 8.93. The van der Waals surface area contributed by atoms with Gasteiger partial charge in [0.25, 0.3) is 0 Å². The van der Waals surface area contributed by atoms with Crippen LogP contribution in [0.2, 0.25) is 0 Å². The van der Waals surface area contributed by atoms with Crippen molar-refractivity contribution in [3.05, 3.63) is 71.0 Å². The first-order valence-corrected chi connectivity index (χ1v) is 8.46. The fraction of sp³-hybridized carbons (Fsp3) is 0.111. The van der Waals surface area contributed by atoms with Gasteiger partial charge in [-0.1, -0.05) is 6.07 Å². The number of rotatable bonds is 5. The minimum absolute atomic E-state index is 0.0127. The van der Waals surface area contributed by atoms with E-state index in [0.29, 0.717) is 16.7 Å². The predicted octanol–water partition coefficient (Wildman–Crippen LogP) is -0.227. The molecule has 0 bridgehead atoms. The number of hydrogen-bond donors (Lipinski definition) is 2. The van der Waals surface area contributed by atoms with E-state index in [0.717, 1.165) is 5.69 Å². The maximum Gasteiger partial charge on any atom is 0.490 e. The smallest absolute Gasteiger partial charge is 0.487 e. The summed E-state index contributed by atoms with van der Waals surface area (Å²) in [4.78, 5) is 16.3. The molecular weight excluding hydrogens is 361 g/mol. The first-order chi connectivity index (χ1) is 13.5. The van der Waals surface area contributed by atoms with Gasteiger partial charge in [0.15, 0.2) is 0 Å². The Balaban J connectivity index is 1.58. The van der Waals surface area contributed by atoms with Gasteiger partial charge in [0.2, 0.25) is 5.43 Å². The fourth-order valence-corrected chi connectivity index (χ4v) is 2.73. The van der Waals surface area contributed by atoms with E-state index in [1.54, 1.807) is 59.3 Å². The Bertz CT molecular complexity index is 1200. The number of hydrogen-bond acceptors (Lipinski definition) is 7. The summed E-state index contributed by atoms with van der Waals surface area (Å²) in [5, 5.41) is 27.7. The molecule has 28 heavy (non-hydrogen) atoms. The van der Waals surface area contributed by atoms with Crippen molar-refractivity contribution in [1.29, 1.82) is 0 Å². The zero-order chi connectivity index (χ0) is 19.7. The molecule has 9 nitrogen and oxygen atoms in total. The molecule has 0 radical (unpaired) electrons. The standard InChI is InChI=1S/C18H16BN5O4/c1-23-10-14(9-21-23)24-5-4-18(25)17(22-24)11-28-15-2-3-16-12(7-15)6-13(8-20-16)19(26)27/h2-10,26-27H,11H2,1H3. The van der Waals surface area contributed by atoms with E-state index in [2.05, 4.69) is 15.2 Å². The molecule has 4 aromatic rings. The number of aromatic nitrogens is 5. The van der Waals surface area contributed by atoms with Gasteiger partial charge in [-0.3, -0.25) is 14.5 Å². The maximum atomic E-state index is 12.1. The van der Waals surface area contributed by atoms with Crippen LogP contribution in [0.5, 0.6) is 5.75 Å². The highest BCUT2D eigenvalue weighted by Gasteiger charge is 2.12. The Hall–Kier alpha value is -3.50. The Morgan fingerprint density at radius 1 is 1.18 bits per heavy atom. The highest BCUT2D eigenvalue weighted by Crippen LogP contribution is 2.19. The van der Waals surface area contributed by atoms with Crippen molar-refractivity contribution in [2.75, 3.05) is 0 Å². The zero-order valence-electron chi connectivity index (χ0n) is 14.9. The summed E-state index contributed by atoms with van der Waals surface area (Å²) in [6.45, 7) is -0.0127. The van der Waals surface area contributed by atoms with Crippen LogP contribution in [-0.4, -0.2) is 41.7 Å². The lowest BCUT2D eigenvalue weighted by atomic mass is 9.81. The van der Waals surface area contributed by atoms with Crippen LogP contribution in [-0.2, 0) is 13.7 Å². The Kier molecular flexibility index (Phi) is 4.64. The molecule has 2 N–H and O–H groups in total. The molecule has 1 aromatic carbocycles. The highest BCUT2D eigenvalue weighted by atomic mass is 16.5. The second-order valence-electron chi connectivity index (χ2n) is 6.23. The van der Waals surface area contributed by atoms with Crippen LogP contribution < -0.4 is 15.6 Å². The molecular formula is C18H16BN5O4. The van der Waals surface area contributed by atoms with Crippen molar-refractivity contribution in [3.63, 3.8) is 0 Å². The van der Waals surface area contributed by atoms with Crippen molar-refractivity contribution in [3.8, 4) is 11.4 Å². The van der Waals surface area contributed by atoms with Crippen LogP contribution in [0.25, 0.3) is 16.6 Å². The lowest BCUT2D eigenvalue weighted by molar-refractivity contribution is 0.298. The van der Waals surface area contributed by atoms with E-state index in [-0.39, 0.29) is 23.2 Å². The van der Waals surface area contributed by atoms with Gasteiger partial charge in [-0.25, -0.2) is 4.68 Å². The summed E-state index contributed by atoms with van der Waals surface area (Å²) >= 11 is 0. The van der Waals surface area contributed by atoms with Gasteiger partial charge >= 0.3 is 7.12 Å². The average molecular weight is 377 g/mol. The summed E-state index contributed by atoms with van der Waals surface area (Å²) in [6.07, 6.45) is 6.41. The zero-order valence-corrected chi connectivity index (χ0v) is 14.9. The molecule has 0 saturated heterocycles.